The average molecular weight is 194 g/mol. The van der Waals surface area contributed by atoms with Crippen molar-refractivity contribution in [2.24, 2.45) is 5.92 Å². The predicted octanol–water partition coefficient (Wildman–Crippen LogP) is 1.18. The lowest BCUT2D eigenvalue weighted by Gasteiger charge is -2.14. The molecule has 1 atom stereocenters. The van der Waals surface area contributed by atoms with Crippen LogP contribution < -0.4 is 0 Å². The van der Waals surface area contributed by atoms with Crippen molar-refractivity contribution in [2.45, 2.75) is 26.6 Å². The molecule has 0 spiro atoms. The Morgan fingerprint density at radius 1 is 1.46 bits per heavy atom. The lowest BCUT2D eigenvalue weighted by molar-refractivity contribution is -0.173. The zero-order valence-corrected chi connectivity index (χ0v) is 7.21. The van der Waals surface area contributed by atoms with Crippen LogP contribution in [0.2, 0.25) is 0 Å². The Hall–Kier alpha value is -1.14. The van der Waals surface area contributed by atoms with E-state index in [4.69, 9.17) is 0 Å². The van der Waals surface area contributed by atoms with Gasteiger partial charge in [-0.05, 0) is 17.4 Å². The first-order valence-corrected chi connectivity index (χ1v) is 3.70. The fraction of sp³-hybridized carbons (Fsp3) is 0.833. The summed E-state index contributed by atoms with van der Waals surface area (Å²) in [5, 5.41) is 10.2. The van der Waals surface area contributed by atoms with Crippen LogP contribution in [0.15, 0.2) is 0 Å². The normalized spacial score (nSPS) is 14.5. The number of halogens is 3. The number of nitrogens with zero attached hydrogens (tertiary/aromatic N) is 4. The number of tetrazole rings is 1. The summed E-state index contributed by atoms with van der Waals surface area (Å²) in [4.78, 5) is 0. The first kappa shape index (κ1) is 9.94. The molecule has 0 aromatic carbocycles. The molecule has 0 aliphatic heterocycles. The molecule has 0 saturated heterocycles. The van der Waals surface area contributed by atoms with E-state index in [1.54, 1.807) is 6.92 Å². The van der Waals surface area contributed by atoms with E-state index in [1.807, 2.05) is 0 Å². The Morgan fingerprint density at radius 2 is 2.08 bits per heavy atom. The van der Waals surface area contributed by atoms with Crippen LogP contribution in [0.4, 0.5) is 13.2 Å². The fourth-order valence-electron chi connectivity index (χ4n) is 0.781. The van der Waals surface area contributed by atoms with Gasteiger partial charge in [0, 0.05) is 0 Å². The highest BCUT2D eigenvalue weighted by Gasteiger charge is 2.36. The van der Waals surface area contributed by atoms with Gasteiger partial charge in [-0.3, -0.25) is 0 Å². The predicted molar refractivity (Wildman–Crippen MR) is 37.8 cm³/mol. The molecule has 0 fully saturated rings. The highest BCUT2D eigenvalue weighted by molar-refractivity contribution is 4.75. The number of rotatable bonds is 2. The molecule has 1 rings (SSSR count). The van der Waals surface area contributed by atoms with E-state index in [-0.39, 0.29) is 6.54 Å². The zero-order valence-electron chi connectivity index (χ0n) is 7.21. The van der Waals surface area contributed by atoms with Crippen molar-refractivity contribution >= 4 is 0 Å². The Bertz CT molecular complexity index is 280. The fourth-order valence-corrected chi connectivity index (χ4v) is 0.781. The summed E-state index contributed by atoms with van der Waals surface area (Å²) in [6.07, 6.45) is -4.20. The van der Waals surface area contributed by atoms with E-state index < -0.39 is 12.1 Å². The summed E-state index contributed by atoms with van der Waals surface area (Å²) >= 11 is 0. The van der Waals surface area contributed by atoms with Crippen LogP contribution in [0.1, 0.15) is 12.7 Å². The van der Waals surface area contributed by atoms with Gasteiger partial charge in [0.05, 0.1) is 12.5 Å². The Kier molecular flexibility index (Phi) is 2.53. The Balaban J connectivity index is 2.65. The van der Waals surface area contributed by atoms with Crippen molar-refractivity contribution in [3.8, 4) is 0 Å². The van der Waals surface area contributed by atoms with Gasteiger partial charge in [0.15, 0.2) is 0 Å². The van der Waals surface area contributed by atoms with Crippen molar-refractivity contribution in [3.63, 3.8) is 0 Å². The number of aromatic nitrogens is 4. The number of hydrogen-bond donors (Lipinski definition) is 0. The maximum atomic E-state index is 12.1. The highest BCUT2D eigenvalue weighted by atomic mass is 19.4. The van der Waals surface area contributed by atoms with Gasteiger partial charge in [-0.15, -0.1) is 5.10 Å². The third kappa shape index (κ3) is 2.40. The lowest BCUT2D eigenvalue weighted by Crippen LogP contribution is -2.25. The molecule has 4 nitrogen and oxygen atoms in total. The van der Waals surface area contributed by atoms with Gasteiger partial charge in [0.25, 0.3) is 0 Å². The molecule has 0 aliphatic rings. The molecule has 0 radical (unpaired) electrons. The van der Waals surface area contributed by atoms with Crippen LogP contribution in [0.25, 0.3) is 0 Å². The molecule has 1 aromatic heterocycles. The van der Waals surface area contributed by atoms with E-state index >= 15 is 0 Å². The Labute approximate surface area is 72.7 Å². The van der Waals surface area contributed by atoms with Crippen molar-refractivity contribution < 1.29 is 13.2 Å². The first-order chi connectivity index (χ1) is 5.91. The quantitative estimate of drug-likeness (QED) is 0.710. The third-order valence-corrected chi connectivity index (χ3v) is 1.72. The molecule has 74 valence electrons. The molecular weight excluding hydrogens is 185 g/mol. The van der Waals surface area contributed by atoms with Gasteiger partial charge in [-0.1, -0.05) is 6.92 Å². The molecule has 7 heteroatoms. The molecule has 13 heavy (non-hydrogen) atoms. The van der Waals surface area contributed by atoms with Crippen molar-refractivity contribution in [3.05, 3.63) is 5.82 Å². The van der Waals surface area contributed by atoms with E-state index in [1.165, 1.54) is 0 Å². The summed E-state index contributed by atoms with van der Waals surface area (Å²) in [5.41, 5.74) is 0. The van der Waals surface area contributed by atoms with E-state index in [0.29, 0.717) is 5.82 Å². The summed E-state index contributed by atoms with van der Waals surface area (Å²) in [6.45, 7) is 2.42. The van der Waals surface area contributed by atoms with Gasteiger partial charge in [-0.2, -0.15) is 13.2 Å². The standard InChI is InChI=1S/C6H9F3N4/c1-4(6(7,8)9)3-13-5(2)10-11-12-13/h4H,3H2,1-2H3. The second kappa shape index (κ2) is 3.31. The topological polar surface area (TPSA) is 43.6 Å². The Morgan fingerprint density at radius 3 is 2.46 bits per heavy atom. The molecule has 0 amide bonds. The zero-order chi connectivity index (χ0) is 10.1. The number of hydrogen-bond acceptors (Lipinski definition) is 3. The summed E-state index contributed by atoms with van der Waals surface area (Å²) in [7, 11) is 0. The van der Waals surface area contributed by atoms with Gasteiger partial charge in [0.2, 0.25) is 0 Å². The minimum atomic E-state index is -4.20. The summed E-state index contributed by atoms with van der Waals surface area (Å²) < 4.78 is 37.4. The molecule has 0 saturated carbocycles. The van der Waals surface area contributed by atoms with Crippen LogP contribution in [0.3, 0.4) is 0 Å². The van der Waals surface area contributed by atoms with Crippen LogP contribution in [-0.2, 0) is 6.54 Å². The second-order valence-electron chi connectivity index (χ2n) is 2.85. The lowest BCUT2D eigenvalue weighted by atomic mass is 10.2. The highest BCUT2D eigenvalue weighted by Crippen LogP contribution is 2.26. The van der Waals surface area contributed by atoms with E-state index in [9.17, 15) is 13.2 Å². The van der Waals surface area contributed by atoms with E-state index in [0.717, 1.165) is 11.6 Å². The summed E-state index contributed by atoms with van der Waals surface area (Å²) in [6, 6.07) is 0. The molecule has 1 heterocycles. The van der Waals surface area contributed by atoms with E-state index in [2.05, 4.69) is 15.5 Å². The van der Waals surface area contributed by atoms with Crippen molar-refractivity contribution in [1.29, 1.82) is 0 Å². The SMILES string of the molecule is Cc1nnnn1CC(C)C(F)(F)F. The first-order valence-electron chi connectivity index (χ1n) is 3.70. The molecule has 0 N–H and O–H groups in total. The third-order valence-electron chi connectivity index (χ3n) is 1.72. The molecule has 1 unspecified atom stereocenters. The maximum Gasteiger partial charge on any atom is 0.393 e. The van der Waals surface area contributed by atoms with Gasteiger partial charge in [0.1, 0.15) is 5.82 Å². The monoisotopic (exact) mass is 194 g/mol. The van der Waals surface area contributed by atoms with Crippen LogP contribution in [0.5, 0.6) is 0 Å². The molecular formula is C6H9F3N4. The minimum Gasteiger partial charge on any atom is -0.229 e. The van der Waals surface area contributed by atoms with Crippen molar-refractivity contribution in [1.82, 2.24) is 20.2 Å². The average Bonchev–Trinajstić information content (AvgIpc) is 2.34. The largest absolute Gasteiger partial charge is 0.393 e. The van der Waals surface area contributed by atoms with Gasteiger partial charge in [-0.25, -0.2) is 4.68 Å². The smallest absolute Gasteiger partial charge is 0.229 e. The summed E-state index contributed by atoms with van der Waals surface area (Å²) in [5.74, 6) is -1.05. The van der Waals surface area contributed by atoms with Gasteiger partial charge >= 0.3 is 6.18 Å². The number of alkyl halides is 3. The second-order valence-corrected chi connectivity index (χ2v) is 2.85. The van der Waals surface area contributed by atoms with Gasteiger partial charge < -0.3 is 0 Å². The van der Waals surface area contributed by atoms with Crippen LogP contribution >= 0.6 is 0 Å². The molecule has 0 aliphatic carbocycles. The molecule has 1 aromatic rings. The van der Waals surface area contributed by atoms with Crippen LogP contribution in [0, 0.1) is 12.8 Å². The minimum absolute atomic E-state index is 0.234. The maximum absolute atomic E-state index is 12.1. The van der Waals surface area contributed by atoms with Crippen LogP contribution in [-0.4, -0.2) is 26.4 Å². The number of aryl methyl sites for hydroxylation is 1. The molecule has 0 bridgehead atoms. The van der Waals surface area contributed by atoms with Crippen molar-refractivity contribution in [2.75, 3.05) is 0 Å².